The predicted molar refractivity (Wildman–Crippen MR) is 94.2 cm³/mol. The number of benzene rings is 1. The van der Waals surface area contributed by atoms with Crippen molar-refractivity contribution in [2.24, 2.45) is 10.2 Å². The summed E-state index contributed by atoms with van der Waals surface area (Å²) in [7, 11) is 0. The molecule has 0 radical (unpaired) electrons. The van der Waals surface area contributed by atoms with Crippen LogP contribution in [0.3, 0.4) is 0 Å². The van der Waals surface area contributed by atoms with Crippen LogP contribution in [0, 0.1) is 6.92 Å². The van der Waals surface area contributed by atoms with Crippen LogP contribution in [-0.2, 0) is 17.9 Å². The Morgan fingerprint density at radius 1 is 1.24 bits per heavy atom. The molecule has 0 aliphatic heterocycles. The van der Waals surface area contributed by atoms with Gasteiger partial charge in [-0.05, 0) is 32.0 Å². The van der Waals surface area contributed by atoms with Gasteiger partial charge in [0.2, 0.25) is 5.88 Å². The molecule has 0 bridgehead atoms. The fraction of sp³-hybridized carbons (Fsp3) is 0.222. The van der Waals surface area contributed by atoms with Crippen LogP contribution >= 0.6 is 0 Å². The van der Waals surface area contributed by atoms with Crippen molar-refractivity contribution in [2.45, 2.75) is 26.9 Å². The smallest absolute Gasteiger partial charge is 0.284 e. The number of aryl methyl sites for hydroxylation is 2. The molecule has 0 saturated carbocycles. The van der Waals surface area contributed by atoms with E-state index in [-0.39, 0.29) is 23.7 Å². The second-order valence-electron chi connectivity index (χ2n) is 5.70. The Labute approximate surface area is 143 Å². The first-order valence-corrected chi connectivity index (χ1v) is 7.93. The third-order valence-corrected chi connectivity index (χ3v) is 3.95. The zero-order valence-electron chi connectivity index (χ0n) is 14.0. The molecule has 2 aromatic heterocycles. The Hall–Kier alpha value is -3.22. The zero-order chi connectivity index (χ0) is 18.0. The fourth-order valence-corrected chi connectivity index (χ4v) is 2.73. The lowest BCUT2D eigenvalue weighted by Gasteiger charge is -2.01. The summed E-state index contributed by atoms with van der Waals surface area (Å²) >= 11 is 0. The average molecular weight is 338 g/mol. The number of azo groups is 1. The summed E-state index contributed by atoms with van der Waals surface area (Å²) in [5.41, 5.74) is 1.81. The number of carbonyl (C=O) groups excluding carboxylic acids is 1. The minimum atomic E-state index is -0.572. The first kappa shape index (κ1) is 16.6. The minimum absolute atomic E-state index is 0.0310. The number of hydrogen-bond donors (Lipinski definition) is 1. The molecule has 0 fully saturated rings. The highest BCUT2D eigenvalue weighted by atomic mass is 16.3. The van der Waals surface area contributed by atoms with E-state index in [9.17, 15) is 14.7 Å². The largest absolute Gasteiger partial charge is 0.493 e. The molecule has 2 heterocycles. The van der Waals surface area contributed by atoms with Crippen molar-refractivity contribution in [3.05, 3.63) is 58.5 Å². The number of rotatable bonds is 4. The Morgan fingerprint density at radius 2 is 2.04 bits per heavy atom. The topological polar surface area (TPSA) is 88.9 Å². The predicted octanol–water partition coefficient (Wildman–Crippen LogP) is 3.15. The number of amides is 1. The maximum absolute atomic E-state index is 12.0. The maximum Gasteiger partial charge on any atom is 0.284 e. The minimum Gasteiger partial charge on any atom is -0.493 e. The van der Waals surface area contributed by atoms with Crippen molar-refractivity contribution < 1.29 is 9.90 Å². The third kappa shape index (κ3) is 3.21. The van der Waals surface area contributed by atoms with Gasteiger partial charge in [-0.2, -0.15) is 0 Å². The molecule has 0 spiro atoms. The van der Waals surface area contributed by atoms with Crippen LogP contribution in [0.2, 0.25) is 0 Å². The van der Waals surface area contributed by atoms with Crippen LogP contribution < -0.4 is 5.56 Å². The van der Waals surface area contributed by atoms with Crippen LogP contribution in [0.1, 0.15) is 12.5 Å². The lowest BCUT2D eigenvalue weighted by molar-refractivity contribution is -0.118. The summed E-state index contributed by atoms with van der Waals surface area (Å²) in [4.78, 5) is 23.7. The molecular weight excluding hydrogens is 320 g/mol. The highest BCUT2D eigenvalue weighted by molar-refractivity contribution is 5.95. The van der Waals surface area contributed by atoms with Crippen molar-refractivity contribution in [2.75, 3.05) is 0 Å². The van der Waals surface area contributed by atoms with Crippen LogP contribution in [0.15, 0.2) is 57.6 Å². The van der Waals surface area contributed by atoms with E-state index in [0.29, 0.717) is 6.54 Å². The van der Waals surface area contributed by atoms with Crippen LogP contribution in [-0.4, -0.2) is 20.1 Å². The molecule has 1 amide bonds. The van der Waals surface area contributed by atoms with E-state index in [1.165, 1.54) is 16.8 Å². The summed E-state index contributed by atoms with van der Waals surface area (Å²) in [6.07, 6.45) is 1.51. The number of nitrogens with zero attached hydrogens (tertiary/aromatic N) is 4. The van der Waals surface area contributed by atoms with Gasteiger partial charge < -0.3 is 14.2 Å². The highest BCUT2D eigenvalue weighted by Crippen LogP contribution is 2.39. The molecule has 0 saturated heterocycles. The zero-order valence-corrected chi connectivity index (χ0v) is 14.0. The maximum atomic E-state index is 12.0. The monoisotopic (exact) mass is 338 g/mol. The van der Waals surface area contributed by atoms with E-state index < -0.39 is 5.91 Å². The van der Waals surface area contributed by atoms with E-state index >= 15 is 0 Å². The van der Waals surface area contributed by atoms with Gasteiger partial charge >= 0.3 is 0 Å². The Balaban J connectivity index is 1.94. The van der Waals surface area contributed by atoms with Gasteiger partial charge in [0.1, 0.15) is 6.54 Å². The number of carbonyl (C=O) groups is 1. The van der Waals surface area contributed by atoms with Gasteiger partial charge in [-0.25, -0.2) is 0 Å². The SMILES string of the molecule is CCn1c(O)c(N=NC(=O)Cn2ccccc2=O)c2cc(C)ccc21. The quantitative estimate of drug-likeness (QED) is 0.741. The van der Waals surface area contributed by atoms with E-state index in [2.05, 4.69) is 10.2 Å². The Kier molecular flexibility index (Phi) is 4.47. The highest BCUT2D eigenvalue weighted by Gasteiger charge is 2.16. The van der Waals surface area contributed by atoms with Crippen LogP contribution in [0.25, 0.3) is 10.9 Å². The molecular formula is C18H18N4O3. The molecule has 25 heavy (non-hydrogen) atoms. The van der Waals surface area contributed by atoms with Gasteiger partial charge in [-0.3, -0.25) is 9.59 Å². The van der Waals surface area contributed by atoms with E-state index in [1.54, 1.807) is 16.7 Å². The van der Waals surface area contributed by atoms with Crippen molar-refractivity contribution >= 4 is 22.5 Å². The molecule has 1 aromatic carbocycles. The van der Waals surface area contributed by atoms with Crippen molar-refractivity contribution in [1.82, 2.24) is 9.13 Å². The third-order valence-electron chi connectivity index (χ3n) is 3.95. The molecule has 1 N–H and O–H groups in total. The van der Waals surface area contributed by atoms with Gasteiger partial charge in [0.05, 0.1) is 5.52 Å². The van der Waals surface area contributed by atoms with Crippen molar-refractivity contribution in [1.29, 1.82) is 0 Å². The Morgan fingerprint density at radius 3 is 2.76 bits per heavy atom. The van der Waals surface area contributed by atoms with E-state index in [4.69, 9.17) is 0 Å². The molecule has 3 aromatic rings. The van der Waals surface area contributed by atoms with Crippen molar-refractivity contribution in [3.8, 4) is 5.88 Å². The van der Waals surface area contributed by atoms with Gasteiger partial charge in [0.25, 0.3) is 11.5 Å². The normalized spacial score (nSPS) is 11.4. The molecule has 0 aliphatic carbocycles. The summed E-state index contributed by atoms with van der Waals surface area (Å²) in [6.45, 7) is 4.21. The summed E-state index contributed by atoms with van der Waals surface area (Å²) in [5, 5.41) is 18.8. The number of pyridine rings is 1. The molecule has 0 unspecified atom stereocenters. The second-order valence-corrected chi connectivity index (χ2v) is 5.70. The van der Waals surface area contributed by atoms with Gasteiger partial charge in [-0.15, -0.1) is 10.2 Å². The van der Waals surface area contributed by atoms with E-state index in [1.807, 2.05) is 32.0 Å². The van der Waals surface area contributed by atoms with Gasteiger partial charge in [0, 0.05) is 24.2 Å². The first-order valence-electron chi connectivity index (χ1n) is 7.93. The second kappa shape index (κ2) is 6.72. The summed E-state index contributed by atoms with van der Waals surface area (Å²) in [5.74, 6) is -0.603. The van der Waals surface area contributed by atoms with Gasteiger partial charge in [0.15, 0.2) is 5.69 Å². The number of fused-ring (bicyclic) bond motifs is 1. The molecule has 3 rings (SSSR count). The lowest BCUT2D eigenvalue weighted by Crippen LogP contribution is -2.21. The summed E-state index contributed by atoms with van der Waals surface area (Å²) < 4.78 is 2.95. The number of aromatic nitrogens is 2. The first-order chi connectivity index (χ1) is 12.0. The molecule has 128 valence electrons. The lowest BCUT2D eigenvalue weighted by atomic mass is 10.1. The molecule has 7 nitrogen and oxygen atoms in total. The molecule has 7 heteroatoms. The van der Waals surface area contributed by atoms with Crippen molar-refractivity contribution in [3.63, 3.8) is 0 Å². The fourth-order valence-electron chi connectivity index (χ4n) is 2.73. The number of aromatic hydroxyl groups is 1. The molecule has 0 atom stereocenters. The Bertz CT molecular complexity index is 1030. The average Bonchev–Trinajstić information content (AvgIpc) is 2.85. The van der Waals surface area contributed by atoms with Crippen LogP contribution in [0.5, 0.6) is 5.88 Å². The standard InChI is InChI=1S/C18H18N4O3/c1-3-22-14-8-7-12(2)10-13(14)17(18(22)25)20-19-15(23)11-21-9-5-4-6-16(21)24/h4-10,25H,3,11H2,1-2H3. The molecule has 0 aliphatic rings. The number of hydrogen-bond acceptors (Lipinski definition) is 4. The summed E-state index contributed by atoms with van der Waals surface area (Å²) in [6, 6.07) is 10.4. The van der Waals surface area contributed by atoms with E-state index in [0.717, 1.165) is 16.5 Å². The van der Waals surface area contributed by atoms with Crippen LogP contribution in [0.4, 0.5) is 5.69 Å². The van der Waals surface area contributed by atoms with Gasteiger partial charge in [-0.1, -0.05) is 17.7 Å².